The number of nitrogens with zero attached hydrogens (tertiary/aromatic N) is 2. The average molecular weight is 387 g/mol. The van der Waals surface area contributed by atoms with Gasteiger partial charge in [0.1, 0.15) is 0 Å². The van der Waals surface area contributed by atoms with Gasteiger partial charge < -0.3 is 4.52 Å². The summed E-state index contributed by atoms with van der Waals surface area (Å²) in [5.41, 5.74) is 1.15. The fourth-order valence-corrected chi connectivity index (χ4v) is 4.44. The maximum Gasteiger partial charge on any atom is 0.471 e. The van der Waals surface area contributed by atoms with Crippen LogP contribution in [0, 0.1) is 5.92 Å². The summed E-state index contributed by atoms with van der Waals surface area (Å²) in [6, 6.07) is 6.21. The topological polar surface area (TPSA) is 85.1 Å². The molecule has 1 unspecified atom stereocenters. The van der Waals surface area contributed by atoms with Crippen molar-refractivity contribution in [1.82, 2.24) is 14.9 Å². The van der Waals surface area contributed by atoms with Gasteiger partial charge in [-0.05, 0) is 37.2 Å². The summed E-state index contributed by atoms with van der Waals surface area (Å²) in [6.45, 7) is 0. The predicted molar refractivity (Wildman–Crippen MR) is 85.3 cm³/mol. The third kappa shape index (κ3) is 3.61. The predicted octanol–water partition coefficient (Wildman–Crippen LogP) is 3.29. The average Bonchev–Trinajstić information content (AvgIpc) is 3.49. The first kappa shape index (κ1) is 17.5. The zero-order valence-corrected chi connectivity index (χ0v) is 14.3. The van der Waals surface area contributed by atoms with Crippen molar-refractivity contribution >= 4 is 10.0 Å². The Hall–Kier alpha value is -1.94. The summed E-state index contributed by atoms with van der Waals surface area (Å²) in [7, 11) is -3.33. The number of sulfonamides is 1. The van der Waals surface area contributed by atoms with Crippen molar-refractivity contribution in [3.8, 4) is 11.4 Å². The molecule has 2 fully saturated rings. The Balaban J connectivity index is 1.55. The van der Waals surface area contributed by atoms with Gasteiger partial charge in [0, 0.05) is 11.6 Å². The van der Waals surface area contributed by atoms with Crippen LogP contribution in [-0.2, 0) is 16.2 Å². The van der Waals surface area contributed by atoms with Crippen molar-refractivity contribution in [3.63, 3.8) is 0 Å². The summed E-state index contributed by atoms with van der Waals surface area (Å²) in [6.07, 6.45) is -1.43. The molecule has 0 amide bonds. The van der Waals surface area contributed by atoms with Gasteiger partial charge in [0.25, 0.3) is 0 Å². The fraction of sp³-hybridized carbons (Fsp3) is 0.500. The van der Waals surface area contributed by atoms with E-state index in [0.29, 0.717) is 18.4 Å². The quantitative estimate of drug-likeness (QED) is 0.822. The van der Waals surface area contributed by atoms with Gasteiger partial charge in [-0.15, -0.1) is 0 Å². The molecule has 140 valence electrons. The Kier molecular flexibility index (Phi) is 4.07. The van der Waals surface area contributed by atoms with E-state index in [1.807, 2.05) is 0 Å². The Morgan fingerprint density at radius 2 is 1.77 bits per heavy atom. The van der Waals surface area contributed by atoms with Gasteiger partial charge in [0.2, 0.25) is 15.8 Å². The number of alkyl halides is 3. The van der Waals surface area contributed by atoms with Crippen LogP contribution in [0.15, 0.2) is 28.8 Å². The maximum atomic E-state index is 12.5. The molecule has 0 saturated heterocycles. The maximum absolute atomic E-state index is 12.5. The highest BCUT2D eigenvalue weighted by atomic mass is 32.2. The second-order valence-electron chi connectivity index (χ2n) is 6.72. The Labute approximate surface area is 147 Å². The van der Waals surface area contributed by atoms with Crippen LogP contribution in [0.5, 0.6) is 0 Å². The first-order valence-electron chi connectivity index (χ1n) is 8.26. The van der Waals surface area contributed by atoms with Gasteiger partial charge >= 0.3 is 12.1 Å². The van der Waals surface area contributed by atoms with E-state index in [-0.39, 0.29) is 23.0 Å². The molecule has 0 spiro atoms. The van der Waals surface area contributed by atoms with Crippen LogP contribution in [0.1, 0.15) is 43.2 Å². The molecule has 1 N–H and O–H groups in total. The second-order valence-corrected chi connectivity index (χ2v) is 8.71. The van der Waals surface area contributed by atoms with Crippen LogP contribution in [0.25, 0.3) is 11.4 Å². The lowest BCUT2D eigenvalue weighted by atomic mass is 10.0. The van der Waals surface area contributed by atoms with Crippen molar-refractivity contribution in [2.24, 2.45) is 5.92 Å². The standard InChI is InChI=1S/C16H16F3N3O3S/c17-16(18,19)15-20-14(21-25-15)11-5-3-10(4-6-11)13(9-1-2-9)22-26(23,24)12-7-8-12/h3-6,9,12-13,22H,1-2,7-8H2. The zero-order chi connectivity index (χ0) is 18.5. The molecule has 10 heteroatoms. The summed E-state index contributed by atoms with van der Waals surface area (Å²) in [5, 5.41) is 3.05. The zero-order valence-electron chi connectivity index (χ0n) is 13.5. The molecule has 1 aromatic heterocycles. The highest BCUT2D eigenvalue weighted by Gasteiger charge is 2.41. The molecular weight excluding hydrogens is 371 g/mol. The molecule has 1 atom stereocenters. The number of nitrogens with one attached hydrogen (secondary N) is 1. The molecule has 1 heterocycles. The minimum absolute atomic E-state index is 0.162. The summed E-state index contributed by atoms with van der Waals surface area (Å²) in [4.78, 5) is 3.35. The van der Waals surface area contributed by atoms with E-state index < -0.39 is 22.1 Å². The summed E-state index contributed by atoms with van der Waals surface area (Å²) >= 11 is 0. The largest absolute Gasteiger partial charge is 0.471 e. The normalized spacial score (nSPS) is 19.5. The van der Waals surface area contributed by atoms with Crippen LogP contribution < -0.4 is 4.72 Å². The van der Waals surface area contributed by atoms with Gasteiger partial charge in [-0.2, -0.15) is 18.2 Å². The van der Waals surface area contributed by atoms with Crippen molar-refractivity contribution < 1.29 is 26.1 Å². The SMILES string of the molecule is O=S(=O)(NC(c1ccc(-c2noc(C(F)(F)F)n2)cc1)C1CC1)C1CC1. The number of benzene rings is 1. The van der Waals surface area contributed by atoms with Crippen LogP contribution >= 0.6 is 0 Å². The molecule has 2 saturated carbocycles. The molecule has 2 aromatic rings. The molecule has 2 aliphatic rings. The van der Waals surface area contributed by atoms with E-state index in [2.05, 4.69) is 19.4 Å². The first-order valence-corrected chi connectivity index (χ1v) is 9.81. The molecule has 2 aliphatic carbocycles. The number of rotatable bonds is 6. The van der Waals surface area contributed by atoms with Gasteiger partial charge in [0.05, 0.1) is 5.25 Å². The van der Waals surface area contributed by atoms with Crippen LogP contribution in [0.2, 0.25) is 0 Å². The highest BCUT2D eigenvalue weighted by Crippen LogP contribution is 2.43. The van der Waals surface area contributed by atoms with Crippen molar-refractivity contribution in [2.45, 2.75) is 43.2 Å². The number of hydrogen-bond donors (Lipinski definition) is 1. The lowest BCUT2D eigenvalue weighted by molar-refractivity contribution is -0.159. The molecule has 26 heavy (non-hydrogen) atoms. The first-order chi connectivity index (χ1) is 12.2. The van der Waals surface area contributed by atoms with E-state index in [0.717, 1.165) is 18.4 Å². The van der Waals surface area contributed by atoms with E-state index >= 15 is 0 Å². The summed E-state index contributed by atoms with van der Waals surface area (Å²) < 4.78 is 69.2. The smallest absolute Gasteiger partial charge is 0.329 e. The van der Waals surface area contributed by atoms with Gasteiger partial charge in [-0.25, -0.2) is 13.1 Å². The summed E-state index contributed by atoms with van der Waals surface area (Å²) in [5.74, 6) is -1.31. The second kappa shape index (κ2) is 6.05. The number of aromatic nitrogens is 2. The van der Waals surface area contributed by atoms with Gasteiger partial charge in [-0.1, -0.05) is 29.4 Å². The number of halogens is 3. The molecule has 6 nitrogen and oxygen atoms in total. The van der Waals surface area contributed by atoms with Crippen LogP contribution in [-0.4, -0.2) is 23.8 Å². The Morgan fingerprint density at radius 3 is 2.27 bits per heavy atom. The van der Waals surface area contributed by atoms with Crippen molar-refractivity contribution in [2.75, 3.05) is 0 Å². The lowest BCUT2D eigenvalue weighted by Gasteiger charge is -2.19. The van der Waals surface area contributed by atoms with Crippen molar-refractivity contribution in [3.05, 3.63) is 35.7 Å². The fourth-order valence-electron chi connectivity index (χ4n) is 2.81. The van der Waals surface area contributed by atoms with E-state index in [1.54, 1.807) is 24.3 Å². The third-order valence-electron chi connectivity index (χ3n) is 4.54. The van der Waals surface area contributed by atoms with Gasteiger partial charge in [0.15, 0.2) is 0 Å². The molecular formula is C16H16F3N3O3S. The minimum Gasteiger partial charge on any atom is -0.329 e. The van der Waals surface area contributed by atoms with Gasteiger partial charge in [-0.3, -0.25) is 0 Å². The van der Waals surface area contributed by atoms with Crippen LogP contribution in [0.3, 0.4) is 0 Å². The molecule has 0 bridgehead atoms. The number of hydrogen-bond acceptors (Lipinski definition) is 5. The highest BCUT2D eigenvalue weighted by molar-refractivity contribution is 7.90. The monoisotopic (exact) mass is 387 g/mol. The lowest BCUT2D eigenvalue weighted by Crippen LogP contribution is -2.32. The molecule has 4 rings (SSSR count). The van der Waals surface area contributed by atoms with E-state index in [9.17, 15) is 21.6 Å². The molecule has 0 radical (unpaired) electrons. The minimum atomic E-state index is -4.69. The van der Waals surface area contributed by atoms with E-state index in [1.165, 1.54) is 0 Å². The molecule has 0 aliphatic heterocycles. The van der Waals surface area contributed by atoms with Crippen molar-refractivity contribution in [1.29, 1.82) is 0 Å². The van der Waals surface area contributed by atoms with Crippen LogP contribution in [0.4, 0.5) is 13.2 Å². The Bertz CT molecular complexity index is 901. The third-order valence-corrected chi connectivity index (χ3v) is 6.48. The molecule has 1 aromatic carbocycles. The Morgan fingerprint density at radius 1 is 1.12 bits per heavy atom. The van der Waals surface area contributed by atoms with E-state index in [4.69, 9.17) is 0 Å².